The quantitative estimate of drug-likeness (QED) is 0.336. The number of para-hydroxylation sites is 2. The third kappa shape index (κ3) is 4.63. The summed E-state index contributed by atoms with van der Waals surface area (Å²) in [4.78, 5) is 6.67. The Labute approximate surface area is 160 Å². The maximum atomic E-state index is 5.71. The van der Waals surface area contributed by atoms with Gasteiger partial charge in [-0.15, -0.1) is 24.0 Å². The highest BCUT2D eigenvalue weighted by Crippen LogP contribution is 2.27. The number of ether oxygens (including phenoxy) is 1. The van der Waals surface area contributed by atoms with Crippen LogP contribution >= 0.6 is 24.0 Å². The van der Waals surface area contributed by atoms with Crippen LogP contribution in [-0.4, -0.2) is 32.7 Å². The monoisotopic (exact) mass is 437 g/mol. The fourth-order valence-electron chi connectivity index (χ4n) is 2.83. The lowest BCUT2D eigenvalue weighted by molar-refractivity contribution is 0.311. The van der Waals surface area contributed by atoms with Crippen molar-refractivity contribution < 1.29 is 4.74 Å². The maximum Gasteiger partial charge on any atom is 0.198 e. The molecule has 0 saturated heterocycles. The van der Waals surface area contributed by atoms with E-state index >= 15 is 0 Å². The molecule has 0 aliphatic carbocycles. The number of benzene rings is 2. The van der Waals surface area contributed by atoms with Crippen LogP contribution < -0.4 is 15.0 Å². The summed E-state index contributed by atoms with van der Waals surface area (Å²) in [6.07, 6.45) is 2.01. The Balaban J connectivity index is 0.00000208. The van der Waals surface area contributed by atoms with Gasteiger partial charge in [0.25, 0.3) is 0 Å². The first-order valence-corrected chi connectivity index (χ1v) is 8.12. The van der Waals surface area contributed by atoms with Gasteiger partial charge in [0.2, 0.25) is 0 Å². The number of nitrogens with one attached hydrogen (secondary N) is 1. The van der Waals surface area contributed by atoms with Crippen molar-refractivity contribution in [2.45, 2.75) is 12.8 Å². The molecule has 1 aliphatic rings. The molecule has 0 spiro atoms. The van der Waals surface area contributed by atoms with Crippen molar-refractivity contribution in [3.8, 4) is 5.75 Å². The molecule has 0 aromatic heterocycles. The van der Waals surface area contributed by atoms with Crippen LogP contribution in [0.25, 0.3) is 0 Å². The van der Waals surface area contributed by atoms with Crippen molar-refractivity contribution in [2.75, 3.05) is 31.6 Å². The lowest BCUT2D eigenvalue weighted by Crippen LogP contribution is -2.41. The van der Waals surface area contributed by atoms with Crippen LogP contribution in [0.1, 0.15) is 12.0 Å². The topological polar surface area (TPSA) is 36.9 Å². The van der Waals surface area contributed by atoms with E-state index in [1.54, 1.807) is 0 Å². The zero-order chi connectivity index (χ0) is 15.9. The molecule has 0 unspecified atom stereocenters. The van der Waals surface area contributed by atoms with Crippen LogP contribution in [0, 0.1) is 0 Å². The van der Waals surface area contributed by atoms with E-state index in [1.165, 1.54) is 11.3 Å². The largest absolute Gasteiger partial charge is 0.494 e. The van der Waals surface area contributed by atoms with Gasteiger partial charge in [-0.1, -0.05) is 36.4 Å². The number of fused-ring (bicyclic) bond motifs is 1. The summed E-state index contributed by atoms with van der Waals surface area (Å²) in [7, 11) is 1.84. The summed E-state index contributed by atoms with van der Waals surface area (Å²) in [5.41, 5.74) is 2.66. The van der Waals surface area contributed by atoms with Gasteiger partial charge in [-0.3, -0.25) is 4.99 Å². The molecule has 0 fully saturated rings. The number of halogens is 1. The number of hydrogen-bond donors (Lipinski definition) is 1. The van der Waals surface area contributed by atoms with Gasteiger partial charge in [-0.25, -0.2) is 0 Å². The molecule has 0 atom stereocenters. The van der Waals surface area contributed by atoms with Crippen LogP contribution in [0.4, 0.5) is 5.69 Å². The second-order valence-corrected chi connectivity index (χ2v) is 5.52. The second-order valence-electron chi connectivity index (χ2n) is 5.52. The Bertz CT molecular complexity index is 661. The van der Waals surface area contributed by atoms with Gasteiger partial charge in [-0.2, -0.15) is 0 Å². The van der Waals surface area contributed by atoms with Crippen molar-refractivity contribution in [2.24, 2.45) is 4.99 Å². The van der Waals surface area contributed by atoms with E-state index in [0.29, 0.717) is 6.61 Å². The fraction of sp³-hybridized carbons (Fsp3) is 0.316. The van der Waals surface area contributed by atoms with E-state index in [4.69, 9.17) is 4.74 Å². The van der Waals surface area contributed by atoms with Crippen LogP contribution in [0.3, 0.4) is 0 Å². The molecule has 24 heavy (non-hydrogen) atoms. The van der Waals surface area contributed by atoms with E-state index < -0.39 is 0 Å². The molecule has 1 N–H and O–H groups in total. The lowest BCUT2D eigenvalue weighted by Gasteiger charge is -2.22. The Kier molecular flexibility index (Phi) is 7.36. The summed E-state index contributed by atoms with van der Waals surface area (Å²) < 4.78 is 5.71. The average Bonchev–Trinajstić information content (AvgIpc) is 3.03. The van der Waals surface area contributed by atoms with Gasteiger partial charge in [0, 0.05) is 25.8 Å². The van der Waals surface area contributed by atoms with E-state index in [-0.39, 0.29) is 24.0 Å². The summed E-state index contributed by atoms with van der Waals surface area (Å²) in [5, 5.41) is 3.43. The molecule has 5 heteroatoms. The number of anilines is 1. The molecule has 4 nitrogen and oxygen atoms in total. The molecule has 0 radical (unpaired) electrons. The van der Waals surface area contributed by atoms with Gasteiger partial charge < -0.3 is 15.0 Å². The molecule has 128 valence electrons. The summed E-state index contributed by atoms with van der Waals surface area (Å²) in [6.45, 7) is 2.53. The van der Waals surface area contributed by atoms with Crippen molar-refractivity contribution in [1.29, 1.82) is 0 Å². The smallest absolute Gasteiger partial charge is 0.198 e. The normalized spacial score (nSPS) is 13.2. The molecule has 1 heterocycles. The fourth-order valence-corrected chi connectivity index (χ4v) is 2.83. The van der Waals surface area contributed by atoms with E-state index in [2.05, 4.69) is 39.5 Å². The van der Waals surface area contributed by atoms with Gasteiger partial charge >= 0.3 is 0 Å². The van der Waals surface area contributed by atoms with E-state index in [9.17, 15) is 0 Å². The maximum absolute atomic E-state index is 5.71. The van der Waals surface area contributed by atoms with E-state index in [0.717, 1.165) is 37.6 Å². The predicted octanol–water partition coefficient (Wildman–Crippen LogP) is 3.71. The number of hydrogen-bond acceptors (Lipinski definition) is 2. The van der Waals surface area contributed by atoms with Crippen LogP contribution in [-0.2, 0) is 6.42 Å². The second kappa shape index (κ2) is 9.52. The average molecular weight is 437 g/mol. The Morgan fingerprint density at radius 2 is 1.88 bits per heavy atom. The highest BCUT2D eigenvalue weighted by Gasteiger charge is 2.21. The van der Waals surface area contributed by atoms with Gasteiger partial charge in [-0.05, 0) is 36.6 Å². The number of guanidine groups is 1. The zero-order valence-corrected chi connectivity index (χ0v) is 16.3. The van der Waals surface area contributed by atoms with E-state index in [1.807, 2.05) is 37.4 Å². The Morgan fingerprint density at radius 1 is 1.12 bits per heavy atom. The third-order valence-corrected chi connectivity index (χ3v) is 3.97. The molecular formula is C19H24IN3O. The molecule has 3 rings (SSSR count). The molecular weight excluding hydrogens is 413 g/mol. The first-order chi connectivity index (χ1) is 11.4. The van der Waals surface area contributed by atoms with Gasteiger partial charge in [0.15, 0.2) is 5.96 Å². The molecule has 2 aromatic carbocycles. The first-order valence-electron chi connectivity index (χ1n) is 8.12. The highest BCUT2D eigenvalue weighted by molar-refractivity contribution is 14.0. The zero-order valence-electron chi connectivity index (χ0n) is 13.9. The highest BCUT2D eigenvalue weighted by atomic mass is 127. The third-order valence-electron chi connectivity index (χ3n) is 3.97. The van der Waals surface area contributed by atoms with Crippen LogP contribution in [0.2, 0.25) is 0 Å². The SMILES string of the molecule is CN=C(NCCCOc1ccccc1)N1CCc2ccccc21.I. The van der Waals surface area contributed by atoms with Gasteiger partial charge in [0.05, 0.1) is 6.61 Å². The minimum absolute atomic E-state index is 0. The van der Waals surface area contributed by atoms with Gasteiger partial charge in [0.1, 0.15) is 5.75 Å². The first kappa shape index (κ1) is 18.6. The van der Waals surface area contributed by atoms with Crippen molar-refractivity contribution in [3.05, 3.63) is 60.2 Å². The molecule has 1 aliphatic heterocycles. The minimum atomic E-state index is 0. The summed E-state index contributed by atoms with van der Waals surface area (Å²) in [5.74, 6) is 1.86. The summed E-state index contributed by atoms with van der Waals surface area (Å²) >= 11 is 0. The van der Waals surface area contributed by atoms with Crippen LogP contribution in [0.15, 0.2) is 59.6 Å². The number of nitrogens with zero attached hydrogens (tertiary/aromatic N) is 2. The minimum Gasteiger partial charge on any atom is -0.494 e. The lowest BCUT2D eigenvalue weighted by atomic mass is 10.2. The van der Waals surface area contributed by atoms with Crippen molar-refractivity contribution >= 4 is 35.6 Å². The Morgan fingerprint density at radius 3 is 2.67 bits per heavy atom. The Hall–Kier alpha value is -1.76. The number of aliphatic imine (C=N–C) groups is 1. The van der Waals surface area contributed by atoms with Crippen molar-refractivity contribution in [1.82, 2.24) is 5.32 Å². The molecule has 0 saturated carbocycles. The number of rotatable bonds is 5. The predicted molar refractivity (Wildman–Crippen MR) is 111 cm³/mol. The molecule has 0 bridgehead atoms. The summed E-state index contributed by atoms with van der Waals surface area (Å²) in [6, 6.07) is 18.5. The molecule has 0 amide bonds. The van der Waals surface area contributed by atoms with Crippen LogP contribution in [0.5, 0.6) is 5.75 Å². The van der Waals surface area contributed by atoms with Crippen molar-refractivity contribution in [3.63, 3.8) is 0 Å². The standard InChI is InChI=1S/C19H23N3O.HI/c1-20-19(22-14-12-16-8-5-6-11-18(16)22)21-13-7-15-23-17-9-3-2-4-10-17;/h2-6,8-11H,7,12-15H2,1H3,(H,20,21);1H. The molecule has 2 aromatic rings.